The van der Waals surface area contributed by atoms with Crippen LogP contribution in [0.3, 0.4) is 0 Å². The average molecular weight is 226 g/mol. The van der Waals surface area contributed by atoms with Gasteiger partial charge in [0.05, 0.1) is 18.5 Å². The quantitative estimate of drug-likeness (QED) is 0.573. The van der Waals surface area contributed by atoms with Crippen molar-refractivity contribution in [2.75, 3.05) is 6.61 Å². The van der Waals surface area contributed by atoms with Gasteiger partial charge in [0, 0.05) is 5.92 Å². The van der Waals surface area contributed by atoms with Crippen molar-refractivity contribution < 1.29 is 9.84 Å². The summed E-state index contributed by atoms with van der Waals surface area (Å²) in [6.45, 7) is 7.29. The molecule has 1 aliphatic carbocycles. The number of allylic oxidation sites excluding steroid dienone is 2. The van der Waals surface area contributed by atoms with Crippen LogP contribution in [-0.4, -0.2) is 17.8 Å². The third kappa shape index (κ3) is 4.17. The number of aliphatic hydroxyl groups excluding tert-OH is 1. The maximum atomic E-state index is 9.50. The van der Waals surface area contributed by atoms with E-state index in [1.165, 1.54) is 17.8 Å². The molecule has 1 N–H and O–H groups in total. The molecule has 1 fully saturated rings. The monoisotopic (exact) mass is 226 g/mol. The Balaban J connectivity index is 2.48. The number of ether oxygens (including phenoxy) is 1. The molecular weight excluding hydrogens is 200 g/mol. The van der Waals surface area contributed by atoms with E-state index >= 15 is 0 Å². The molecule has 2 heteroatoms. The third-order valence-electron chi connectivity index (χ3n) is 3.32. The number of unbranched alkanes of at least 4 members (excludes halogenated alkanes) is 1. The van der Waals surface area contributed by atoms with E-state index < -0.39 is 0 Å². The summed E-state index contributed by atoms with van der Waals surface area (Å²) in [4.78, 5) is 0. The van der Waals surface area contributed by atoms with E-state index in [-0.39, 0.29) is 6.10 Å². The predicted octanol–water partition coefficient (Wildman–Crippen LogP) is 3.65. The summed E-state index contributed by atoms with van der Waals surface area (Å²) in [5.41, 5.74) is 1.30. The van der Waals surface area contributed by atoms with E-state index in [0.717, 1.165) is 38.7 Å². The minimum absolute atomic E-state index is 0.0784. The van der Waals surface area contributed by atoms with Gasteiger partial charge in [0.2, 0.25) is 0 Å². The first-order valence-corrected chi connectivity index (χ1v) is 6.63. The van der Waals surface area contributed by atoms with Gasteiger partial charge in [-0.05, 0) is 51.5 Å². The molecule has 0 atom stereocenters. The minimum atomic E-state index is -0.0784. The van der Waals surface area contributed by atoms with Crippen LogP contribution in [0.2, 0.25) is 0 Å². The molecule has 0 heterocycles. The fourth-order valence-corrected chi connectivity index (χ4v) is 2.33. The molecule has 0 aliphatic heterocycles. The highest BCUT2D eigenvalue weighted by atomic mass is 16.5. The van der Waals surface area contributed by atoms with Gasteiger partial charge in [-0.1, -0.05) is 13.3 Å². The molecule has 0 saturated heterocycles. The van der Waals surface area contributed by atoms with Crippen molar-refractivity contribution in [2.24, 2.45) is 5.92 Å². The summed E-state index contributed by atoms with van der Waals surface area (Å²) in [6.07, 6.45) is 6.25. The van der Waals surface area contributed by atoms with E-state index in [9.17, 15) is 5.11 Å². The summed E-state index contributed by atoms with van der Waals surface area (Å²) < 4.78 is 5.92. The van der Waals surface area contributed by atoms with Gasteiger partial charge >= 0.3 is 0 Å². The Bertz CT molecular complexity index is 221. The van der Waals surface area contributed by atoms with Crippen molar-refractivity contribution in [1.82, 2.24) is 0 Å². The van der Waals surface area contributed by atoms with E-state index in [1.807, 2.05) is 0 Å². The Kier molecular flexibility index (Phi) is 5.89. The number of hydrogen-bond acceptors (Lipinski definition) is 2. The van der Waals surface area contributed by atoms with Gasteiger partial charge in [0.15, 0.2) is 0 Å². The van der Waals surface area contributed by atoms with Crippen molar-refractivity contribution >= 4 is 0 Å². The Morgan fingerprint density at radius 1 is 1.19 bits per heavy atom. The summed E-state index contributed by atoms with van der Waals surface area (Å²) in [5.74, 6) is 1.74. The molecule has 0 aromatic rings. The number of hydrogen-bond donors (Lipinski definition) is 1. The van der Waals surface area contributed by atoms with Gasteiger partial charge in [0.25, 0.3) is 0 Å². The van der Waals surface area contributed by atoms with Crippen molar-refractivity contribution in [3.8, 4) is 0 Å². The second-order valence-corrected chi connectivity index (χ2v) is 5.07. The molecule has 94 valence electrons. The molecule has 0 unspecified atom stereocenters. The standard InChI is InChI=1S/C14H26O2/c1-4-5-10-16-14(11(2)3)12-6-8-13(15)9-7-12/h12-13,15H,4-10H2,1-3H3. The first kappa shape index (κ1) is 13.6. The highest BCUT2D eigenvalue weighted by Crippen LogP contribution is 2.32. The van der Waals surface area contributed by atoms with Crippen LogP contribution < -0.4 is 0 Å². The summed E-state index contributed by atoms with van der Waals surface area (Å²) in [5, 5.41) is 9.50. The average Bonchev–Trinajstić information content (AvgIpc) is 2.26. The SMILES string of the molecule is CCCCOC(=C(C)C)C1CCC(O)CC1. The van der Waals surface area contributed by atoms with Crippen molar-refractivity contribution in [3.05, 3.63) is 11.3 Å². The highest BCUT2D eigenvalue weighted by Gasteiger charge is 2.24. The molecule has 0 bridgehead atoms. The van der Waals surface area contributed by atoms with Gasteiger partial charge < -0.3 is 9.84 Å². The lowest BCUT2D eigenvalue weighted by Gasteiger charge is -2.28. The summed E-state index contributed by atoms with van der Waals surface area (Å²) >= 11 is 0. The van der Waals surface area contributed by atoms with Crippen molar-refractivity contribution in [2.45, 2.75) is 65.4 Å². The Labute approximate surface area is 99.7 Å². The zero-order valence-corrected chi connectivity index (χ0v) is 11.0. The van der Waals surface area contributed by atoms with Crippen LogP contribution >= 0.6 is 0 Å². The normalized spacial score (nSPS) is 25.2. The maximum Gasteiger partial charge on any atom is 0.0976 e. The highest BCUT2D eigenvalue weighted by molar-refractivity contribution is 5.07. The van der Waals surface area contributed by atoms with E-state index in [1.54, 1.807) is 0 Å². The maximum absolute atomic E-state index is 9.50. The van der Waals surface area contributed by atoms with Crippen LogP contribution in [0.25, 0.3) is 0 Å². The molecule has 0 aromatic heterocycles. The lowest BCUT2D eigenvalue weighted by Crippen LogP contribution is -2.21. The molecule has 0 spiro atoms. The van der Waals surface area contributed by atoms with Crippen LogP contribution in [0, 0.1) is 5.92 Å². The van der Waals surface area contributed by atoms with Gasteiger partial charge in [-0.15, -0.1) is 0 Å². The smallest absolute Gasteiger partial charge is 0.0976 e. The largest absolute Gasteiger partial charge is 0.498 e. The van der Waals surface area contributed by atoms with Crippen LogP contribution in [0.4, 0.5) is 0 Å². The molecule has 0 radical (unpaired) electrons. The van der Waals surface area contributed by atoms with E-state index in [0.29, 0.717) is 5.92 Å². The number of aliphatic hydroxyl groups is 1. The fraction of sp³-hybridized carbons (Fsp3) is 0.857. The Morgan fingerprint density at radius 3 is 2.31 bits per heavy atom. The topological polar surface area (TPSA) is 29.5 Å². The second-order valence-electron chi connectivity index (χ2n) is 5.07. The fourth-order valence-electron chi connectivity index (χ4n) is 2.33. The lowest BCUT2D eigenvalue weighted by molar-refractivity contribution is 0.0892. The second kappa shape index (κ2) is 6.95. The van der Waals surface area contributed by atoms with Crippen LogP contribution in [-0.2, 0) is 4.74 Å². The van der Waals surface area contributed by atoms with Gasteiger partial charge in [-0.25, -0.2) is 0 Å². The summed E-state index contributed by atoms with van der Waals surface area (Å²) in [6, 6.07) is 0. The van der Waals surface area contributed by atoms with Crippen molar-refractivity contribution in [3.63, 3.8) is 0 Å². The Morgan fingerprint density at radius 2 is 1.81 bits per heavy atom. The zero-order valence-electron chi connectivity index (χ0n) is 11.0. The molecule has 1 rings (SSSR count). The van der Waals surface area contributed by atoms with Gasteiger partial charge in [-0.3, -0.25) is 0 Å². The lowest BCUT2D eigenvalue weighted by atomic mass is 9.85. The first-order valence-electron chi connectivity index (χ1n) is 6.63. The molecular formula is C14H26O2. The molecule has 16 heavy (non-hydrogen) atoms. The summed E-state index contributed by atoms with van der Waals surface area (Å²) in [7, 11) is 0. The molecule has 0 amide bonds. The number of rotatable bonds is 5. The molecule has 0 aromatic carbocycles. The Hall–Kier alpha value is -0.500. The zero-order chi connectivity index (χ0) is 12.0. The van der Waals surface area contributed by atoms with Gasteiger partial charge in [-0.2, -0.15) is 0 Å². The molecule has 1 saturated carbocycles. The molecule has 2 nitrogen and oxygen atoms in total. The van der Waals surface area contributed by atoms with Crippen LogP contribution in [0.1, 0.15) is 59.3 Å². The van der Waals surface area contributed by atoms with Crippen LogP contribution in [0.5, 0.6) is 0 Å². The van der Waals surface area contributed by atoms with E-state index in [4.69, 9.17) is 4.74 Å². The first-order chi connectivity index (χ1) is 7.65. The van der Waals surface area contributed by atoms with Crippen LogP contribution in [0.15, 0.2) is 11.3 Å². The predicted molar refractivity (Wildman–Crippen MR) is 67.2 cm³/mol. The minimum Gasteiger partial charge on any atom is -0.498 e. The van der Waals surface area contributed by atoms with E-state index in [2.05, 4.69) is 20.8 Å². The van der Waals surface area contributed by atoms with Crippen molar-refractivity contribution in [1.29, 1.82) is 0 Å². The van der Waals surface area contributed by atoms with Gasteiger partial charge in [0.1, 0.15) is 0 Å². The third-order valence-corrected chi connectivity index (χ3v) is 3.32. The molecule has 1 aliphatic rings.